The molecular formula is C29H33N2O4+. The highest BCUT2D eigenvalue weighted by atomic mass is 16.6. The van der Waals surface area contributed by atoms with E-state index in [1.807, 2.05) is 75.7 Å². The van der Waals surface area contributed by atoms with Gasteiger partial charge >= 0.3 is 12.1 Å². The second-order valence-corrected chi connectivity index (χ2v) is 9.89. The fourth-order valence-electron chi connectivity index (χ4n) is 4.35. The van der Waals surface area contributed by atoms with Gasteiger partial charge in [0.1, 0.15) is 25.8 Å². The molecule has 1 aliphatic rings. The number of carbonyl (C=O) groups excluding carboxylic acids is 2. The van der Waals surface area contributed by atoms with E-state index in [4.69, 9.17) is 9.47 Å². The van der Waals surface area contributed by atoms with Crippen LogP contribution in [0.25, 0.3) is 11.1 Å². The van der Waals surface area contributed by atoms with Gasteiger partial charge < -0.3 is 19.3 Å². The molecule has 0 fully saturated rings. The van der Waals surface area contributed by atoms with Crippen LogP contribution in [0.1, 0.15) is 22.6 Å². The maximum atomic E-state index is 12.9. The van der Waals surface area contributed by atoms with Crippen LogP contribution in [0.15, 0.2) is 78.9 Å². The Balaban J connectivity index is 1.42. The Morgan fingerprint density at radius 3 is 2.00 bits per heavy atom. The van der Waals surface area contributed by atoms with Gasteiger partial charge in [0, 0.05) is 12.3 Å². The molecule has 1 aliphatic carbocycles. The van der Waals surface area contributed by atoms with Gasteiger partial charge in [-0.15, -0.1) is 0 Å². The van der Waals surface area contributed by atoms with Crippen molar-refractivity contribution in [2.24, 2.45) is 0 Å². The van der Waals surface area contributed by atoms with Gasteiger partial charge in [0.25, 0.3) is 0 Å². The number of ether oxygens (including phenoxy) is 2. The Morgan fingerprint density at radius 2 is 1.40 bits per heavy atom. The van der Waals surface area contributed by atoms with Gasteiger partial charge in [0.15, 0.2) is 0 Å². The zero-order chi connectivity index (χ0) is 24.8. The molecule has 1 amide bonds. The maximum Gasteiger partial charge on any atom is 0.407 e. The van der Waals surface area contributed by atoms with Crippen LogP contribution in [-0.2, 0) is 20.7 Å². The first-order valence-electron chi connectivity index (χ1n) is 11.9. The Kier molecular flexibility index (Phi) is 7.51. The summed E-state index contributed by atoms with van der Waals surface area (Å²) < 4.78 is 11.8. The lowest BCUT2D eigenvalue weighted by atomic mass is 9.98. The highest BCUT2D eigenvalue weighted by molar-refractivity contribution is 5.82. The number of esters is 1. The van der Waals surface area contributed by atoms with E-state index >= 15 is 0 Å². The van der Waals surface area contributed by atoms with E-state index in [1.54, 1.807) is 0 Å². The van der Waals surface area contributed by atoms with Crippen molar-refractivity contribution in [3.05, 3.63) is 95.6 Å². The third kappa shape index (κ3) is 6.28. The van der Waals surface area contributed by atoms with Gasteiger partial charge in [0.2, 0.25) is 0 Å². The van der Waals surface area contributed by atoms with Gasteiger partial charge in [-0.2, -0.15) is 0 Å². The predicted octanol–water partition coefficient (Wildman–Crippen LogP) is 4.39. The van der Waals surface area contributed by atoms with Crippen molar-refractivity contribution in [3.8, 4) is 11.1 Å². The number of fused-ring (bicyclic) bond motifs is 3. The van der Waals surface area contributed by atoms with Crippen LogP contribution < -0.4 is 5.32 Å². The number of quaternary nitrogens is 1. The fraction of sp³-hybridized carbons (Fsp3) is 0.310. The first-order chi connectivity index (χ1) is 16.8. The molecule has 182 valence electrons. The standard InChI is InChI=1S/C29H32N2O4/c1-31(2,3)17-18-34-28(32)27(19-21-11-5-4-6-12-21)30-29(33)35-20-26-24-15-9-7-13-22(24)23-14-8-10-16-25(23)26/h4-16,26-27H,17-20H2,1-3H3/p+1/t27-/m0/s1. The molecule has 0 heterocycles. The highest BCUT2D eigenvalue weighted by Gasteiger charge is 2.30. The molecule has 6 nitrogen and oxygen atoms in total. The molecule has 0 aliphatic heterocycles. The van der Waals surface area contributed by atoms with Crippen LogP contribution in [0.5, 0.6) is 0 Å². The second kappa shape index (κ2) is 10.7. The molecule has 0 aromatic heterocycles. The molecule has 4 rings (SSSR count). The lowest BCUT2D eigenvalue weighted by Gasteiger charge is -2.24. The van der Waals surface area contributed by atoms with Crippen molar-refractivity contribution in [1.29, 1.82) is 0 Å². The van der Waals surface area contributed by atoms with E-state index < -0.39 is 18.1 Å². The van der Waals surface area contributed by atoms with Gasteiger partial charge in [-0.3, -0.25) is 0 Å². The Labute approximate surface area is 207 Å². The zero-order valence-corrected chi connectivity index (χ0v) is 20.6. The van der Waals surface area contributed by atoms with Gasteiger partial charge in [0.05, 0.1) is 21.1 Å². The van der Waals surface area contributed by atoms with E-state index in [1.165, 1.54) is 11.1 Å². The molecule has 1 atom stereocenters. The molecular weight excluding hydrogens is 440 g/mol. The summed E-state index contributed by atoms with van der Waals surface area (Å²) in [5.74, 6) is -0.506. The van der Waals surface area contributed by atoms with Gasteiger partial charge in [-0.1, -0.05) is 78.9 Å². The van der Waals surface area contributed by atoms with Crippen molar-refractivity contribution in [2.45, 2.75) is 18.4 Å². The third-order valence-corrected chi connectivity index (χ3v) is 6.21. The van der Waals surface area contributed by atoms with Crippen molar-refractivity contribution >= 4 is 12.1 Å². The minimum atomic E-state index is -0.833. The summed E-state index contributed by atoms with van der Waals surface area (Å²) in [6.07, 6.45) is -0.301. The molecule has 0 saturated heterocycles. The molecule has 1 N–H and O–H groups in total. The average molecular weight is 474 g/mol. The summed E-state index contributed by atoms with van der Waals surface area (Å²) in [4.78, 5) is 25.7. The quantitative estimate of drug-likeness (QED) is 0.370. The van der Waals surface area contributed by atoms with Gasteiger partial charge in [-0.25, -0.2) is 9.59 Å². The number of benzene rings is 3. The number of alkyl carbamates (subject to hydrolysis) is 1. The van der Waals surface area contributed by atoms with Crippen molar-refractivity contribution in [2.75, 3.05) is 40.9 Å². The minimum absolute atomic E-state index is 0.0442. The molecule has 0 spiro atoms. The fourth-order valence-corrected chi connectivity index (χ4v) is 4.35. The number of hydrogen-bond donors (Lipinski definition) is 1. The second-order valence-electron chi connectivity index (χ2n) is 9.89. The number of nitrogens with zero attached hydrogens (tertiary/aromatic N) is 1. The van der Waals surface area contributed by atoms with Crippen LogP contribution >= 0.6 is 0 Å². The van der Waals surface area contributed by atoms with E-state index in [-0.39, 0.29) is 19.1 Å². The Hall–Kier alpha value is -3.64. The first-order valence-corrected chi connectivity index (χ1v) is 11.9. The molecule has 0 saturated carbocycles. The summed E-state index contributed by atoms with van der Waals surface area (Å²) in [6.45, 7) is 1.14. The monoisotopic (exact) mass is 473 g/mol. The maximum absolute atomic E-state index is 12.9. The van der Waals surface area contributed by atoms with Crippen LogP contribution in [0.3, 0.4) is 0 Å². The summed E-state index contributed by atoms with van der Waals surface area (Å²) in [5, 5.41) is 2.74. The lowest BCUT2D eigenvalue weighted by molar-refractivity contribution is -0.870. The number of nitrogens with one attached hydrogen (secondary N) is 1. The highest BCUT2D eigenvalue weighted by Crippen LogP contribution is 2.44. The number of carbonyl (C=O) groups is 2. The van der Waals surface area contributed by atoms with E-state index in [0.29, 0.717) is 17.4 Å². The lowest BCUT2D eigenvalue weighted by Crippen LogP contribution is -2.45. The normalized spacial score (nSPS) is 13.5. The molecule has 0 bridgehead atoms. The van der Waals surface area contributed by atoms with Crippen molar-refractivity contribution in [1.82, 2.24) is 5.32 Å². The molecule has 3 aromatic rings. The SMILES string of the molecule is C[N+](C)(C)CCOC(=O)[C@H](Cc1ccccc1)NC(=O)OCC1c2ccccc2-c2ccccc21. The summed E-state index contributed by atoms with van der Waals surface area (Å²) >= 11 is 0. The predicted molar refractivity (Wildman–Crippen MR) is 136 cm³/mol. The molecule has 3 aromatic carbocycles. The van der Waals surface area contributed by atoms with Crippen LogP contribution in [0, 0.1) is 0 Å². The molecule has 0 radical (unpaired) electrons. The number of rotatable bonds is 9. The van der Waals surface area contributed by atoms with E-state index in [2.05, 4.69) is 29.6 Å². The Morgan fingerprint density at radius 1 is 0.829 bits per heavy atom. The van der Waals surface area contributed by atoms with Gasteiger partial charge in [-0.05, 0) is 27.8 Å². The Bertz CT molecular complexity index is 1130. The van der Waals surface area contributed by atoms with Crippen molar-refractivity contribution in [3.63, 3.8) is 0 Å². The van der Waals surface area contributed by atoms with Crippen LogP contribution in [-0.4, -0.2) is 63.5 Å². The smallest absolute Gasteiger partial charge is 0.407 e. The number of hydrogen-bond acceptors (Lipinski definition) is 4. The molecule has 35 heavy (non-hydrogen) atoms. The van der Waals surface area contributed by atoms with Crippen molar-refractivity contribution < 1.29 is 23.5 Å². The van der Waals surface area contributed by atoms with Crippen LogP contribution in [0.2, 0.25) is 0 Å². The molecule has 6 heteroatoms. The minimum Gasteiger partial charge on any atom is -0.458 e. The van der Waals surface area contributed by atoms with Crippen LogP contribution in [0.4, 0.5) is 4.79 Å². The molecule has 0 unspecified atom stereocenters. The number of likely N-dealkylation sites (N-methyl/N-ethyl adjacent to an activating group) is 1. The van der Waals surface area contributed by atoms with E-state index in [0.717, 1.165) is 16.7 Å². The zero-order valence-electron chi connectivity index (χ0n) is 20.6. The first kappa shape index (κ1) is 24.5. The summed E-state index contributed by atoms with van der Waals surface area (Å²) in [6, 6.07) is 25.1. The largest absolute Gasteiger partial charge is 0.458 e. The summed E-state index contributed by atoms with van der Waals surface area (Å²) in [5.41, 5.74) is 5.55. The average Bonchev–Trinajstić information content (AvgIpc) is 3.16. The number of amides is 1. The van der Waals surface area contributed by atoms with E-state index in [9.17, 15) is 9.59 Å². The topological polar surface area (TPSA) is 64.6 Å². The summed E-state index contributed by atoms with van der Waals surface area (Å²) in [7, 11) is 6.10. The third-order valence-electron chi connectivity index (χ3n) is 6.21.